The first-order valence-electron chi connectivity index (χ1n) is 41.7. The van der Waals surface area contributed by atoms with Crippen LogP contribution in [0, 0.1) is 0 Å². The van der Waals surface area contributed by atoms with E-state index in [4.69, 9.17) is 0 Å². The van der Waals surface area contributed by atoms with Gasteiger partial charge in [-0.1, -0.05) is 303 Å². The van der Waals surface area contributed by atoms with E-state index < -0.39 is 0 Å². The largest absolute Gasteiger partial charge is 0.311 e. The maximum Gasteiger partial charge on any atom is 0.252 e. The van der Waals surface area contributed by atoms with Gasteiger partial charge in [0.05, 0.1) is 5.69 Å². The van der Waals surface area contributed by atoms with Gasteiger partial charge in [0.1, 0.15) is 0 Å². The lowest BCUT2D eigenvalue weighted by Crippen LogP contribution is -2.61. The maximum absolute atomic E-state index is 2.61. The van der Waals surface area contributed by atoms with Crippen molar-refractivity contribution in [1.29, 1.82) is 0 Å². The van der Waals surface area contributed by atoms with Gasteiger partial charge in [0.25, 0.3) is 6.71 Å². The number of rotatable bonds is 13. The molecule has 2 aliphatic heterocycles. The molecule has 0 atom stereocenters. The molecule has 8 heteroatoms. The number of nitrogens with zero attached hydrogens (tertiary/aromatic N) is 3. The van der Waals surface area contributed by atoms with Gasteiger partial charge in [-0.3, -0.25) is 0 Å². The molecule has 23 aromatic rings. The highest BCUT2D eigenvalue weighted by Gasteiger charge is 2.45. The zero-order valence-electron chi connectivity index (χ0n) is 66.0. The summed E-state index contributed by atoms with van der Waals surface area (Å²) < 4.78 is 10.3. The van der Waals surface area contributed by atoms with Crippen LogP contribution >= 0.6 is 45.3 Å². The predicted molar refractivity (Wildman–Crippen MR) is 530 cm³/mol. The molecule has 0 N–H and O–H groups in total. The van der Waals surface area contributed by atoms with Crippen molar-refractivity contribution < 1.29 is 0 Å². The van der Waals surface area contributed by atoms with Crippen molar-refractivity contribution >= 4 is 200 Å². The number of fused-ring (bicyclic) bond motifs is 16. The van der Waals surface area contributed by atoms with Crippen molar-refractivity contribution in [1.82, 2.24) is 0 Å². The van der Waals surface area contributed by atoms with Crippen molar-refractivity contribution in [3.63, 3.8) is 0 Å². The number of anilines is 9. The Morgan fingerprint density at radius 3 is 0.779 bits per heavy atom. The van der Waals surface area contributed by atoms with Gasteiger partial charge in [0.2, 0.25) is 0 Å². The molecule has 0 fully saturated rings. The Balaban J connectivity index is 0.752. The van der Waals surface area contributed by atoms with E-state index in [1.807, 2.05) is 45.3 Å². The van der Waals surface area contributed by atoms with Gasteiger partial charge < -0.3 is 14.7 Å². The molecular formula is C114H70BN3S4. The number of hydrogen-bond acceptors (Lipinski definition) is 7. The molecule has 122 heavy (non-hydrogen) atoms. The zero-order chi connectivity index (χ0) is 80.0. The molecule has 0 saturated carbocycles. The van der Waals surface area contributed by atoms with Crippen LogP contribution < -0.4 is 31.1 Å². The molecule has 0 unspecified atom stereocenters. The van der Waals surface area contributed by atoms with Crippen molar-refractivity contribution in [2.75, 3.05) is 14.7 Å². The fraction of sp³-hybridized carbons (Fsp3) is 0. The van der Waals surface area contributed by atoms with Gasteiger partial charge in [-0.05, 0) is 227 Å². The van der Waals surface area contributed by atoms with Gasteiger partial charge in [-0.25, -0.2) is 0 Å². The van der Waals surface area contributed by atoms with Gasteiger partial charge in [-0.2, -0.15) is 0 Å². The molecule has 0 saturated heterocycles. The fourth-order valence-electron chi connectivity index (χ4n) is 20.1. The van der Waals surface area contributed by atoms with E-state index in [1.165, 1.54) is 164 Å². The number of para-hydroxylation sites is 2. The fourth-order valence-corrected chi connectivity index (χ4v) is 24.6. The molecule has 0 aliphatic carbocycles. The van der Waals surface area contributed by atoms with E-state index in [0.717, 1.165) is 73.4 Å². The minimum atomic E-state index is -0.301. The summed E-state index contributed by atoms with van der Waals surface area (Å²) in [7, 11) is 0. The first-order valence-corrected chi connectivity index (χ1v) is 45.0. The molecule has 19 aromatic carbocycles. The van der Waals surface area contributed by atoms with Crippen molar-refractivity contribution in [2.45, 2.75) is 0 Å². The SMILES string of the molecule is c1ccc(N(c2ccccc2)c2cc3c4c(c2)N(c2ccc(-c5ccccc5-c5cccc6sc7ccccc7c56)cc2)c2ccc(-c5ccccc5-c5cccc6sc7ccccc7c56)cc2B4c2cc(-c4ccccc4-c4cccc5sc6ccccc6c45)ccc2N3c2ccc(-c3ccccc3-c3cccc4sc5ccccc5c34)cc2)cc1. The summed E-state index contributed by atoms with van der Waals surface area (Å²) in [4.78, 5) is 7.67. The first-order chi connectivity index (χ1) is 60.5. The second kappa shape index (κ2) is 28.6. The Morgan fingerprint density at radius 2 is 0.451 bits per heavy atom. The highest BCUT2D eigenvalue weighted by atomic mass is 32.1. The van der Waals surface area contributed by atoms with Crippen LogP contribution in [0.2, 0.25) is 0 Å². The lowest BCUT2D eigenvalue weighted by molar-refractivity contribution is 1.23. The van der Waals surface area contributed by atoms with E-state index >= 15 is 0 Å². The summed E-state index contributed by atoms with van der Waals surface area (Å²) >= 11 is 7.49. The summed E-state index contributed by atoms with van der Waals surface area (Å²) in [5.74, 6) is 0. The van der Waals surface area contributed by atoms with Crippen LogP contribution in [0.5, 0.6) is 0 Å². The van der Waals surface area contributed by atoms with Crippen LogP contribution in [0.25, 0.3) is 170 Å². The Morgan fingerprint density at radius 1 is 0.189 bits per heavy atom. The van der Waals surface area contributed by atoms with Crippen LogP contribution in [-0.2, 0) is 0 Å². The molecule has 6 heterocycles. The third-order valence-corrected chi connectivity index (χ3v) is 29.9. The second-order valence-electron chi connectivity index (χ2n) is 31.9. The molecule has 568 valence electrons. The van der Waals surface area contributed by atoms with Crippen LogP contribution in [0.3, 0.4) is 0 Å². The van der Waals surface area contributed by atoms with E-state index in [0.29, 0.717) is 0 Å². The third kappa shape index (κ3) is 11.3. The van der Waals surface area contributed by atoms with Crippen LogP contribution in [0.1, 0.15) is 0 Å². The van der Waals surface area contributed by atoms with Gasteiger partial charge in [0.15, 0.2) is 0 Å². The van der Waals surface area contributed by atoms with Crippen LogP contribution in [0.4, 0.5) is 51.2 Å². The van der Waals surface area contributed by atoms with Gasteiger partial charge in [0, 0.05) is 126 Å². The third-order valence-electron chi connectivity index (χ3n) is 25.3. The molecule has 3 nitrogen and oxygen atoms in total. The first kappa shape index (κ1) is 70.5. The molecule has 0 spiro atoms. The Kier molecular flexibility index (Phi) is 16.6. The number of hydrogen-bond donors (Lipinski definition) is 0. The minimum Gasteiger partial charge on any atom is -0.311 e. The van der Waals surface area contributed by atoms with Crippen LogP contribution in [0.15, 0.2) is 425 Å². The van der Waals surface area contributed by atoms with Gasteiger partial charge in [-0.15, -0.1) is 45.3 Å². The normalized spacial score (nSPS) is 12.4. The highest BCUT2D eigenvalue weighted by Crippen LogP contribution is 2.54. The molecule has 0 amide bonds. The summed E-state index contributed by atoms with van der Waals surface area (Å²) in [6, 6.07) is 160. The second-order valence-corrected chi connectivity index (χ2v) is 36.3. The molecule has 4 aromatic heterocycles. The van der Waals surface area contributed by atoms with Crippen LogP contribution in [-0.4, -0.2) is 6.71 Å². The quantitative estimate of drug-likeness (QED) is 0.107. The highest BCUT2D eigenvalue weighted by molar-refractivity contribution is 7.27. The topological polar surface area (TPSA) is 9.72 Å². The number of thiophene rings is 4. The van der Waals surface area contributed by atoms with E-state index in [1.54, 1.807) is 0 Å². The summed E-state index contributed by atoms with van der Waals surface area (Å²) in [6.07, 6.45) is 0. The smallest absolute Gasteiger partial charge is 0.252 e. The van der Waals surface area contributed by atoms with E-state index in [9.17, 15) is 0 Å². The van der Waals surface area contributed by atoms with E-state index in [2.05, 4.69) is 439 Å². The van der Waals surface area contributed by atoms with Gasteiger partial charge >= 0.3 is 0 Å². The standard InChI is InChI=1S/C114H70BN3S4/c1-3-27-75(28-4-1)116(76-29-5-2-6-30-76)79-69-100-114-101(70-79)118(78-63-57-72(58-64-78)81-32-8-12-36-85(81)89-44-24-52-107-111(89)93-40-16-20-48-103(93)120-107)99-66-60-74(83-34-10-14-38-87(83)91-46-26-54-109-113(91)95-42-18-22-50-105(95)122-109)68-97(99)115(114)96-67-73(82-33-9-13-37-86(82)90-45-25-53-108-112(90)94-41-17-21-49-104(94)121-108)59-65-98(96)117(100)77-61-55-71(56-62-77)80-31-7-11-35-84(80)88-43-23-51-106-110(88)92-39-15-19-47-102(92)119-106/h1-70H. The monoisotopic (exact) mass is 1620 g/mol. The average Bonchev–Trinajstić information content (AvgIpc) is 0.861. The minimum absolute atomic E-state index is 0.301. The van der Waals surface area contributed by atoms with E-state index in [-0.39, 0.29) is 6.71 Å². The Hall–Kier alpha value is -14.5. The summed E-state index contributed by atoms with van der Waals surface area (Å²) in [5, 5.41) is 10.3. The average molecular weight is 1620 g/mol. The zero-order valence-corrected chi connectivity index (χ0v) is 69.2. The van der Waals surface area contributed by atoms with Crippen molar-refractivity contribution in [2.24, 2.45) is 0 Å². The predicted octanol–water partition coefficient (Wildman–Crippen LogP) is 32.0. The van der Waals surface area contributed by atoms with Crippen molar-refractivity contribution in [3.05, 3.63) is 425 Å². The summed E-state index contributed by atoms with van der Waals surface area (Å²) in [6.45, 7) is -0.301. The maximum atomic E-state index is 2.61. The molecule has 25 rings (SSSR count). The molecule has 0 radical (unpaired) electrons. The molecule has 0 bridgehead atoms. The van der Waals surface area contributed by atoms with Crippen molar-refractivity contribution in [3.8, 4) is 89.0 Å². The summed E-state index contributed by atoms with van der Waals surface area (Å²) in [5.41, 5.74) is 32.4. The lowest BCUT2D eigenvalue weighted by atomic mass is 9.33. The Bertz CT molecular complexity index is 7710. The lowest BCUT2D eigenvalue weighted by Gasteiger charge is -2.45. The number of benzene rings is 19. The Labute approximate surface area is 722 Å². The molecule has 2 aliphatic rings. The molecular weight excluding hydrogens is 1550 g/mol.